The molecule has 2 aliphatic rings. The van der Waals surface area contributed by atoms with Crippen LogP contribution in [0.2, 0.25) is 0 Å². The summed E-state index contributed by atoms with van der Waals surface area (Å²) in [5, 5.41) is 2.99. The number of halogens is 3. The number of hydrogen-bond donors (Lipinski definition) is 1. The van der Waals surface area contributed by atoms with Gasteiger partial charge in [-0.1, -0.05) is 24.3 Å². The van der Waals surface area contributed by atoms with Gasteiger partial charge >= 0.3 is 6.18 Å². The van der Waals surface area contributed by atoms with E-state index in [-0.39, 0.29) is 18.4 Å². The minimum Gasteiger partial charge on any atom is -0.492 e. The van der Waals surface area contributed by atoms with Gasteiger partial charge in [0.05, 0.1) is 17.5 Å². The van der Waals surface area contributed by atoms with E-state index in [0.717, 1.165) is 29.6 Å². The molecule has 1 aromatic heterocycles. The third kappa shape index (κ3) is 5.88. The molecule has 0 radical (unpaired) electrons. The van der Waals surface area contributed by atoms with Gasteiger partial charge in [-0.3, -0.25) is 14.7 Å². The van der Waals surface area contributed by atoms with E-state index in [1.165, 1.54) is 6.07 Å². The van der Waals surface area contributed by atoms with E-state index >= 15 is 0 Å². The third-order valence-electron chi connectivity index (χ3n) is 7.07. The SMILES string of the molecule is O=C(NCc1cccnc1)[C@@H]1Cc2cc(C(F)(F)F)ccc2N2CCN(CCOc3ccccc3)C[C@H]12. The van der Waals surface area contributed by atoms with Gasteiger partial charge < -0.3 is 15.0 Å². The number of anilines is 1. The van der Waals surface area contributed by atoms with Gasteiger partial charge in [0.25, 0.3) is 0 Å². The molecule has 9 heteroatoms. The first-order valence-electron chi connectivity index (χ1n) is 12.4. The molecule has 1 saturated heterocycles. The van der Waals surface area contributed by atoms with E-state index in [1.54, 1.807) is 24.5 Å². The number of hydrogen-bond acceptors (Lipinski definition) is 5. The van der Waals surface area contributed by atoms with Crippen LogP contribution < -0.4 is 15.0 Å². The molecule has 0 saturated carbocycles. The van der Waals surface area contributed by atoms with Crippen LogP contribution >= 0.6 is 0 Å². The first-order valence-corrected chi connectivity index (χ1v) is 12.4. The quantitative estimate of drug-likeness (QED) is 0.518. The van der Waals surface area contributed by atoms with E-state index in [2.05, 4.69) is 20.1 Å². The number of pyridine rings is 1. The topological polar surface area (TPSA) is 57.7 Å². The summed E-state index contributed by atoms with van der Waals surface area (Å²) in [7, 11) is 0. The number of aromatic nitrogens is 1. The first kappa shape index (κ1) is 25.1. The van der Waals surface area contributed by atoms with Crippen molar-refractivity contribution in [1.29, 1.82) is 0 Å². The van der Waals surface area contributed by atoms with Crippen molar-refractivity contribution in [3.05, 3.63) is 89.7 Å². The average Bonchev–Trinajstić information content (AvgIpc) is 2.91. The standard InChI is InChI=1S/C28H29F3N4O2/c29-28(30,31)22-8-9-25-21(15-22)16-24(27(36)33-18-20-5-4-10-32-17-20)26-19-34(11-12-35(25)26)13-14-37-23-6-2-1-3-7-23/h1-10,15,17,24,26H,11-14,16,18-19H2,(H,33,36)/t24-,26-/m1/s1. The molecule has 0 bridgehead atoms. The summed E-state index contributed by atoms with van der Waals surface area (Å²) in [6.45, 7) is 3.52. The molecule has 1 fully saturated rings. The van der Waals surface area contributed by atoms with Crippen molar-refractivity contribution in [3.63, 3.8) is 0 Å². The number of rotatable bonds is 7. The fraction of sp³-hybridized carbons (Fsp3) is 0.357. The van der Waals surface area contributed by atoms with E-state index < -0.39 is 17.7 Å². The lowest BCUT2D eigenvalue weighted by Crippen LogP contribution is -2.61. The number of alkyl halides is 3. The van der Waals surface area contributed by atoms with Crippen molar-refractivity contribution in [2.75, 3.05) is 37.7 Å². The molecular formula is C28H29F3N4O2. The van der Waals surface area contributed by atoms with E-state index in [9.17, 15) is 18.0 Å². The number of benzene rings is 2. The number of carbonyl (C=O) groups excluding carboxylic acids is 1. The molecule has 0 aliphatic carbocycles. The molecule has 6 nitrogen and oxygen atoms in total. The van der Waals surface area contributed by atoms with Gasteiger partial charge in [0, 0.05) is 50.8 Å². The molecular weight excluding hydrogens is 481 g/mol. The molecule has 2 atom stereocenters. The van der Waals surface area contributed by atoms with Crippen LogP contribution in [0.3, 0.4) is 0 Å². The minimum absolute atomic E-state index is 0.149. The number of piperazine rings is 1. The van der Waals surface area contributed by atoms with Crippen molar-refractivity contribution < 1.29 is 22.7 Å². The number of fused-ring (bicyclic) bond motifs is 3. The predicted octanol–water partition coefficient (Wildman–Crippen LogP) is 4.16. The van der Waals surface area contributed by atoms with Gasteiger partial charge in [-0.25, -0.2) is 0 Å². The van der Waals surface area contributed by atoms with Crippen LogP contribution in [0.15, 0.2) is 73.1 Å². The van der Waals surface area contributed by atoms with Gasteiger partial charge in [-0.2, -0.15) is 13.2 Å². The highest BCUT2D eigenvalue weighted by molar-refractivity contribution is 5.82. The summed E-state index contributed by atoms with van der Waals surface area (Å²) < 4.78 is 46.2. The zero-order valence-electron chi connectivity index (χ0n) is 20.3. The lowest BCUT2D eigenvalue weighted by molar-refractivity contribution is -0.137. The summed E-state index contributed by atoms with van der Waals surface area (Å²) in [6, 6.07) is 17.0. The Balaban J connectivity index is 1.33. The molecule has 1 amide bonds. The lowest BCUT2D eigenvalue weighted by atomic mass is 9.82. The highest BCUT2D eigenvalue weighted by Gasteiger charge is 2.42. The van der Waals surface area contributed by atoms with Crippen LogP contribution in [0.1, 0.15) is 16.7 Å². The molecule has 3 heterocycles. The minimum atomic E-state index is -4.43. The summed E-state index contributed by atoms with van der Waals surface area (Å²) in [6.07, 6.45) is -0.819. The molecule has 37 heavy (non-hydrogen) atoms. The van der Waals surface area contributed by atoms with Crippen molar-refractivity contribution in [2.45, 2.75) is 25.2 Å². The van der Waals surface area contributed by atoms with Crippen LogP contribution in [0.25, 0.3) is 0 Å². The van der Waals surface area contributed by atoms with Crippen LogP contribution in [0.5, 0.6) is 5.75 Å². The third-order valence-corrected chi connectivity index (χ3v) is 7.07. The number of carbonyl (C=O) groups is 1. The molecule has 0 spiro atoms. The zero-order chi connectivity index (χ0) is 25.8. The largest absolute Gasteiger partial charge is 0.492 e. The van der Waals surface area contributed by atoms with Crippen molar-refractivity contribution in [2.24, 2.45) is 5.92 Å². The maximum atomic E-state index is 13.4. The Hall–Kier alpha value is -3.59. The monoisotopic (exact) mass is 510 g/mol. The van der Waals surface area contributed by atoms with E-state index in [4.69, 9.17) is 4.74 Å². The number of amides is 1. The Morgan fingerprint density at radius 1 is 1.08 bits per heavy atom. The molecule has 5 rings (SSSR count). The number of nitrogens with zero attached hydrogens (tertiary/aromatic N) is 3. The summed E-state index contributed by atoms with van der Waals surface area (Å²) in [4.78, 5) is 21.9. The van der Waals surface area contributed by atoms with E-state index in [0.29, 0.717) is 38.3 Å². The van der Waals surface area contributed by atoms with Gasteiger partial charge in [-0.05, 0) is 53.9 Å². The summed E-state index contributed by atoms with van der Waals surface area (Å²) in [5.74, 6) is 0.163. The maximum absolute atomic E-state index is 13.4. The molecule has 2 aliphatic heterocycles. The molecule has 3 aromatic rings. The molecule has 1 N–H and O–H groups in total. The Kier molecular flexibility index (Phi) is 7.32. The van der Waals surface area contributed by atoms with Crippen molar-refractivity contribution in [1.82, 2.24) is 15.2 Å². The van der Waals surface area contributed by atoms with Crippen molar-refractivity contribution >= 4 is 11.6 Å². The van der Waals surface area contributed by atoms with Gasteiger partial charge in [0.2, 0.25) is 5.91 Å². The van der Waals surface area contributed by atoms with Gasteiger partial charge in [0.15, 0.2) is 0 Å². The fourth-order valence-corrected chi connectivity index (χ4v) is 5.19. The number of nitrogens with one attached hydrogen (secondary N) is 1. The van der Waals surface area contributed by atoms with Gasteiger partial charge in [-0.15, -0.1) is 0 Å². The number of ether oxygens (including phenoxy) is 1. The number of para-hydroxylation sites is 1. The Bertz CT molecular complexity index is 1210. The Morgan fingerprint density at radius 2 is 1.92 bits per heavy atom. The summed E-state index contributed by atoms with van der Waals surface area (Å²) in [5.41, 5.74) is 1.53. The van der Waals surface area contributed by atoms with Crippen LogP contribution in [-0.4, -0.2) is 54.6 Å². The highest BCUT2D eigenvalue weighted by Crippen LogP contribution is 2.39. The average molecular weight is 511 g/mol. The second-order valence-corrected chi connectivity index (χ2v) is 9.45. The predicted molar refractivity (Wildman–Crippen MR) is 134 cm³/mol. The maximum Gasteiger partial charge on any atom is 0.416 e. The summed E-state index contributed by atoms with van der Waals surface area (Å²) >= 11 is 0. The van der Waals surface area contributed by atoms with Crippen LogP contribution in [-0.2, 0) is 23.9 Å². The first-order chi connectivity index (χ1) is 17.9. The lowest BCUT2D eigenvalue weighted by Gasteiger charge is -2.49. The van der Waals surface area contributed by atoms with Crippen molar-refractivity contribution in [3.8, 4) is 5.75 Å². The van der Waals surface area contributed by atoms with Gasteiger partial charge in [0.1, 0.15) is 12.4 Å². The molecule has 0 unspecified atom stereocenters. The van der Waals surface area contributed by atoms with E-state index in [1.807, 2.05) is 36.4 Å². The normalized spacial score (nSPS) is 19.6. The second-order valence-electron chi connectivity index (χ2n) is 9.45. The molecule has 2 aromatic carbocycles. The van der Waals surface area contributed by atoms with Crippen LogP contribution in [0, 0.1) is 5.92 Å². The Morgan fingerprint density at radius 3 is 2.68 bits per heavy atom. The second kappa shape index (κ2) is 10.8. The fourth-order valence-electron chi connectivity index (χ4n) is 5.19. The van der Waals surface area contributed by atoms with Crippen LogP contribution in [0.4, 0.5) is 18.9 Å². The Labute approximate surface area is 214 Å². The molecule has 194 valence electrons. The highest BCUT2D eigenvalue weighted by atomic mass is 19.4. The smallest absolute Gasteiger partial charge is 0.416 e. The zero-order valence-corrected chi connectivity index (χ0v) is 20.3.